The van der Waals surface area contributed by atoms with Crippen LogP contribution in [0.1, 0.15) is 40.5 Å². The number of rotatable bonds is 6. The van der Waals surface area contributed by atoms with Crippen LogP contribution in [0.3, 0.4) is 0 Å². The van der Waals surface area contributed by atoms with Crippen LogP contribution >= 0.6 is 0 Å². The first-order valence-electron chi connectivity index (χ1n) is 5.26. The molecule has 0 aliphatic heterocycles. The first kappa shape index (κ1) is 15.4. The van der Waals surface area contributed by atoms with E-state index >= 15 is 0 Å². The van der Waals surface area contributed by atoms with Gasteiger partial charge in [-0.1, -0.05) is 20.8 Å². The predicted octanol–water partition coefficient (Wildman–Crippen LogP) is 1.21. The third-order valence-corrected chi connectivity index (χ3v) is 4.00. The van der Waals surface area contributed by atoms with Crippen molar-refractivity contribution in [3.63, 3.8) is 0 Å². The minimum atomic E-state index is -3.37. The summed E-state index contributed by atoms with van der Waals surface area (Å²) in [5, 5.41) is 8.41. The summed E-state index contributed by atoms with van der Waals surface area (Å²) in [5.41, 5.74) is -0.153. The highest BCUT2D eigenvalue weighted by Crippen LogP contribution is 2.19. The lowest BCUT2D eigenvalue weighted by Gasteiger charge is -2.27. The van der Waals surface area contributed by atoms with E-state index in [-0.39, 0.29) is 30.1 Å². The molecule has 0 saturated carbocycles. The van der Waals surface area contributed by atoms with Gasteiger partial charge in [-0.2, -0.15) is 0 Å². The van der Waals surface area contributed by atoms with Crippen molar-refractivity contribution >= 4 is 16.0 Å². The third kappa shape index (κ3) is 6.79. The van der Waals surface area contributed by atoms with Gasteiger partial charge in [-0.05, 0) is 18.8 Å². The minimum absolute atomic E-state index is 0.120. The van der Waals surface area contributed by atoms with Crippen molar-refractivity contribution in [2.75, 3.05) is 5.75 Å². The molecule has 0 rings (SSSR count). The minimum Gasteiger partial charge on any atom is -0.481 e. The quantitative estimate of drug-likeness (QED) is 0.743. The van der Waals surface area contributed by atoms with E-state index in [1.807, 2.05) is 20.8 Å². The van der Waals surface area contributed by atoms with Gasteiger partial charge in [0.15, 0.2) is 0 Å². The fraction of sp³-hybridized carbons (Fsp3) is 0.900. The van der Waals surface area contributed by atoms with Crippen LogP contribution in [0.4, 0.5) is 0 Å². The third-order valence-electron chi connectivity index (χ3n) is 2.46. The molecule has 1 atom stereocenters. The topological polar surface area (TPSA) is 83.5 Å². The molecular formula is C10H21NO4S. The summed E-state index contributed by atoms with van der Waals surface area (Å²) in [7, 11) is -3.37. The smallest absolute Gasteiger partial charge is 0.303 e. The maximum atomic E-state index is 11.6. The number of nitrogens with one attached hydrogen (secondary N) is 1. The Hall–Kier alpha value is -0.620. The van der Waals surface area contributed by atoms with E-state index in [1.54, 1.807) is 6.92 Å². The van der Waals surface area contributed by atoms with E-state index in [9.17, 15) is 13.2 Å². The molecule has 1 unspecified atom stereocenters. The summed E-state index contributed by atoms with van der Waals surface area (Å²) in [6.45, 7) is 7.63. The molecule has 0 saturated heterocycles. The maximum absolute atomic E-state index is 11.6. The van der Waals surface area contributed by atoms with Crippen molar-refractivity contribution in [3.05, 3.63) is 0 Å². The molecule has 96 valence electrons. The second kappa shape index (κ2) is 5.63. The monoisotopic (exact) mass is 251 g/mol. The van der Waals surface area contributed by atoms with E-state index in [0.717, 1.165) is 0 Å². The maximum Gasteiger partial charge on any atom is 0.303 e. The van der Waals surface area contributed by atoms with Crippen molar-refractivity contribution in [2.45, 2.75) is 46.6 Å². The molecule has 0 radical (unpaired) electrons. The Labute approximate surface area is 97.3 Å². The summed E-state index contributed by atoms with van der Waals surface area (Å²) in [6.07, 6.45) is 0.0202. The number of hydrogen-bond donors (Lipinski definition) is 2. The average molecular weight is 251 g/mol. The van der Waals surface area contributed by atoms with E-state index < -0.39 is 16.0 Å². The molecule has 0 amide bonds. The van der Waals surface area contributed by atoms with Gasteiger partial charge in [-0.15, -0.1) is 0 Å². The zero-order chi connectivity index (χ0) is 13.0. The summed E-state index contributed by atoms with van der Waals surface area (Å²) in [6, 6.07) is -0.178. The average Bonchev–Trinajstić information content (AvgIpc) is 1.99. The lowest BCUT2D eigenvalue weighted by Crippen LogP contribution is -2.42. The van der Waals surface area contributed by atoms with Crippen LogP contribution < -0.4 is 4.72 Å². The second-order valence-electron chi connectivity index (χ2n) is 5.02. The van der Waals surface area contributed by atoms with Crippen LogP contribution in [-0.2, 0) is 14.8 Å². The predicted molar refractivity (Wildman–Crippen MR) is 62.7 cm³/mol. The van der Waals surface area contributed by atoms with E-state index in [2.05, 4.69) is 4.72 Å². The number of carboxylic acids is 1. The Morgan fingerprint density at radius 3 is 2.25 bits per heavy atom. The Kier molecular flexibility index (Phi) is 5.41. The van der Waals surface area contributed by atoms with E-state index in [4.69, 9.17) is 5.11 Å². The molecule has 0 fully saturated rings. The Bertz CT molecular complexity index is 329. The van der Waals surface area contributed by atoms with Crippen molar-refractivity contribution in [1.82, 2.24) is 4.72 Å². The zero-order valence-corrected chi connectivity index (χ0v) is 11.1. The van der Waals surface area contributed by atoms with Gasteiger partial charge in [0.05, 0.1) is 5.75 Å². The lowest BCUT2D eigenvalue weighted by atomic mass is 9.89. The Morgan fingerprint density at radius 1 is 1.38 bits per heavy atom. The molecule has 0 spiro atoms. The van der Waals surface area contributed by atoms with E-state index in [1.165, 1.54) is 0 Å². The summed E-state index contributed by atoms with van der Waals surface area (Å²) in [4.78, 5) is 10.3. The largest absolute Gasteiger partial charge is 0.481 e. The van der Waals surface area contributed by atoms with Gasteiger partial charge in [0.2, 0.25) is 10.0 Å². The van der Waals surface area contributed by atoms with Gasteiger partial charge in [0.1, 0.15) is 0 Å². The molecular weight excluding hydrogens is 230 g/mol. The van der Waals surface area contributed by atoms with Crippen molar-refractivity contribution in [1.29, 1.82) is 0 Å². The van der Waals surface area contributed by atoms with Gasteiger partial charge >= 0.3 is 5.97 Å². The van der Waals surface area contributed by atoms with Crippen LogP contribution in [0, 0.1) is 5.41 Å². The van der Waals surface area contributed by atoms with Crippen molar-refractivity contribution in [3.8, 4) is 0 Å². The number of carbonyl (C=O) groups is 1. The lowest BCUT2D eigenvalue weighted by molar-refractivity contribution is -0.137. The fourth-order valence-corrected chi connectivity index (χ4v) is 2.45. The van der Waals surface area contributed by atoms with Gasteiger partial charge < -0.3 is 5.11 Å². The zero-order valence-electron chi connectivity index (χ0n) is 10.3. The first-order chi connectivity index (χ1) is 7.04. The SMILES string of the molecule is CC(NS(=O)(=O)CCCC(=O)O)C(C)(C)C. The number of hydrogen-bond acceptors (Lipinski definition) is 3. The van der Waals surface area contributed by atoms with Crippen molar-refractivity contribution < 1.29 is 18.3 Å². The van der Waals surface area contributed by atoms with Crippen molar-refractivity contribution in [2.24, 2.45) is 5.41 Å². The van der Waals surface area contributed by atoms with E-state index in [0.29, 0.717) is 0 Å². The molecule has 5 nitrogen and oxygen atoms in total. The molecule has 0 aromatic rings. The van der Waals surface area contributed by atoms with Crippen LogP contribution in [0.25, 0.3) is 0 Å². The van der Waals surface area contributed by atoms with Gasteiger partial charge in [-0.25, -0.2) is 13.1 Å². The Morgan fingerprint density at radius 2 is 1.88 bits per heavy atom. The molecule has 0 aromatic carbocycles. The van der Waals surface area contributed by atoms with Gasteiger partial charge in [-0.3, -0.25) is 4.79 Å². The molecule has 6 heteroatoms. The Balaban J connectivity index is 4.21. The normalized spacial score (nSPS) is 14.8. The summed E-state index contributed by atoms with van der Waals surface area (Å²) in [5.74, 6) is -1.11. The molecule has 0 aliphatic carbocycles. The van der Waals surface area contributed by atoms with Gasteiger partial charge in [0.25, 0.3) is 0 Å². The molecule has 16 heavy (non-hydrogen) atoms. The fourth-order valence-electron chi connectivity index (χ4n) is 0.918. The van der Waals surface area contributed by atoms with Gasteiger partial charge in [0, 0.05) is 12.5 Å². The second-order valence-corrected chi connectivity index (χ2v) is 6.90. The molecule has 0 aromatic heterocycles. The number of sulfonamides is 1. The van der Waals surface area contributed by atoms with Crippen LogP contribution in [-0.4, -0.2) is 31.3 Å². The highest BCUT2D eigenvalue weighted by Gasteiger charge is 2.24. The molecule has 2 N–H and O–H groups in total. The van der Waals surface area contributed by atoms with Crippen LogP contribution in [0.15, 0.2) is 0 Å². The molecule has 0 heterocycles. The standard InChI is InChI=1S/C10H21NO4S/c1-8(10(2,3)4)11-16(14,15)7-5-6-9(12)13/h8,11H,5-7H2,1-4H3,(H,12,13). The van der Waals surface area contributed by atoms with Crippen LogP contribution in [0.2, 0.25) is 0 Å². The summed E-state index contributed by atoms with van der Waals surface area (Å²) < 4.78 is 25.7. The first-order valence-corrected chi connectivity index (χ1v) is 6.91. The van der Waals surface area contributed by atoms with Crippen LogP contribution in [0.5, 0.6) is 0 Å². The highest BCUT2D eigenvalue weighted by atomic mass is 32.2. The highest BCUT2D eigenvalue weighted by molar-refractivity contribution is 7.89. The number of aliphatic carboxylic acids is 1. The number of carboxylic acid groups (broad SMARTS) is 1. The summed E-state index contributed by atoms with van der Waals surface area (Å²) >= 11 is 0. The molecule has 0 bridgehead atoms. The molecule has 0 aliphatic rings.